The maximum absolute atomic E-state index is 9.13. The minimum absolute atomic E-state index is 0.0474. The molecule has 18 heavy (non-hydrogen) atoms. The Kier molecular flexibility index (Phi) is 4.60. The van der Waals surface area contributed by atoms with Crippen LogP contribution in [0.25, 0.3) is 0 Å². The molecule has 1 saturated carbocycles. The number of nitrogens with zero attached hydrogens (tertiary/aromatic N) is 3. The number of hydrogen-bond donors (Lipinski definition) is 1. The molecular weight excluding hydrogens is 224 g/mol. The third kappa shape index (κ3) is 3.68. The van der Waals surface area contributed by atoms with E-state index in [0.29, 0.717) is 12.1 Å². The molecule has 3 atom stereocenters. The summed E-state index contributed by atoms with van der Waals surface area (Å²) < 4.78 is 0. The summed E-state index contributed by atoms with van der Waals surface area (Å²) in [6.45, 7) is 5.70. The van der Waals surface area contributed by atoms with Crippen molar-refractivity contribution >= 4 is 0 Å². The summed E-state index contributed by atoms with van der Waals surface area (Å²) in [5.74, 6) is 0.733. The van der Waals surface area contributed by atoms with E-state index < -0.39 is 0 Å². The summed E-state index contributed by atoms with van der Waals surface area (Å²) in [7, 11) is 4.33. The van der Waals surface area contributed by atoms with Gasteiger partial charge in [-0.3, -0.25) is 5.32 Å². The molecular formula is C14H26N4. The van der Waals surface area contributed by atoms with Crippen LogP contribution in [0.1, 0.15) is 26.2 Å². The van der Waals surface area contributed by atoms with E-state index in [1.807, 2.05) is 0 Å². The van der Waals surface area contributed by atoms with Gasteiger partial charge in [0.15, 0.2) is 0 Å². The van der Waals surface area contributed by atoms with Crippen LogP contribution >= 0.6 is 0 Å². The molecule has 4 heteroatoms. The van der Waals surface area contributed by atoms with E-state index in [4.69, 9.17) is 5.26 Å². The minimum Gasteiger partial charge on any atom is -0.305 e. The van der Waals surface area contributed by atoms with Crippen LogP contribution in [-0.4, -0.2) is 61.7 Å². The van der Waals surface area contributed by atoms with Crippen molar-refractivity contribution in [1.82, 2.24) is 15.1 Å². The molecule has 3 unspecified atom stereocenters. The lowest BCUT2D eigenvalue weighted by Crippen LogP contribution is -2.36. The van der Waals surface area contributed by atoms with Gasteiger partial charge in [0, 0.05) is 31.7 Å². The largest absolute Gasteiger partial charge is 0.305 e. The van der Waals surface area contributed by atoms with Crippen molar-refractivity contribution < 1.29 is 0 Å². The molecule has 0 bridgehead atoms. The molecule has 102 valence electrons. The van der Waals surface area contributed by atoms with Gasteiger partial charge in [-0.05, 0) is 39.3 Å². The van der Waals surface area contributed by atoms with Gasteiger partial charge in [-0.1, -0.05) is 6.92 Å². The minimum atomic E-state index is 0.0474. The maximum Gasteiger partial charge on any atom is 0.0967 e. The second-order valence-electron chi connectivity index (χ2n) is 6.18. The Balaban J connectivity index is 1.71. The fourth-order valence-corrected chi connectivity index (χ4v) is 2.93. The molecule has 1 heterocycles. The molecule has 1 N–H and O–H groups in total. The summed E-state index contributed by atoms with van der Waals surface area (Å²) in [5, 5.41) is 12.5. The van der Waals surface area contributed by atoms with E-state index in [1.54, 1.807) is 0 Å². The molecule has 1 aliphatic heterocycles. The molecule has 4 nitrogen and oxygen atoms in total. The maximum atomic E-state index is 9.13. The van der Waals surface area contributed by atoms with Gasteiger partial charge in [0.05, 0.1) is 12.1 Å². The number of hydrogen-bond acceptors (Lipinski definition) is 4. The molecule has 0 spiro atoms. The van der Waals surface area contributed by atoms with Crippen molar-refractivity contribution in [2.75, 3.05) is 33.7 Å². The van der Waals surface area contributed by atoms with Crippen molar-refractivity contribution in [2.24, 2.45) is 5.92 Å². The van der Waals surface area contributed by atoms with Gasteiger partial charge < -0.3 is 9.80 Å². The molecule has 0 aromatic heterocycles. The third-order valence-corrected chi connectivity index (χ3v) is 4.22. The van der Waals surface area contributed by atoms with Crippen molar-refractivity contribution in [2.45, 2.75) is 44.3 Å². The van der Waals surface area contributed by atoms with E-state index in [9.17, 15) is 0 Å². The van der Waals surface area contributed by atoms with E-state index in [-0.39, 0.29) is 6.04 Å². The highest BCUT2D eigenvalue weighted by molar-refractivity contribution is 4.97. The van der Waals surface area contributed by atoms with E-state index in [1.165, 1.54) is 19.4 Å². The van der Waals surface area contributed by atoms with Crippen LogP contribution in [0.3, 0.4) is 0 Å². The zero-order chi connectivity index (χ0) is 13.1. The molecule has 1 aliphatic carbocycles. The molecule has 2 fully saturated rings. The Bertz CT molecular complexity index is 305. The molecule has 2 rings (SSSR count). The fourth-order valence-electron chi connectivity index (χ4n) is 2.93. The average molecular weight is 250 g/mol. The Morgan fingerprint density at radius 1 is 1.39 bits per heavy atom. The molecule has 0 aromatic carbocycles. The summed E-state index contributed by atoms with van der Waals surface area (Å²) in [5.41, 5.74) is 0. The standard InChI is InChI=1S/C14H26N4/c1-11-9-18(10-14(11)17(2)3)7-6-13(8-15)16-12-4-5-12/h11-14,16H,4-7,9-10H2,1-3H3. The summed E-state index contributed by atoms with van der Waals surface area (Å²) in [4.78, 5) is 4.84. The second kappa shape index (κ2) is 6.01. The second-order valence-corrected chi connectivity index (χ2v) is 6.18. The topological polar surface area (TPSA) is 42.3 Å². The third-order valence-electron chi connectivity index (χ3n) is 4.22. The van der Waals surface area contributed by atoms with Gasteiger partial charge in [0.1, 0.15) is 0 Å². The SMILES string of the molecule is CC1CN(CCC(C#N)NC2CC2)CC1N(C)C. The van der Waals surface area contributed by atoms with Crippen LogP contribution in [0.4, 0.5) is 0 Å². The first kappa shape index (κ1) is 13.8. The van der Waals surface area contributed by atoms with Crippen molar-refractivity contribution in [3.05, 3.63) is 0 Å². The molecule has 0 aromatic rings. The highest BCUT2D eigenvalue weighted by atomic mass is 15.2. The van der Waals surface area contributed by atoms with Gasteiger partial charge in [-0.15, -0.1) is 0 Å². The first-order chi connectivity index (χ1) is 8.60. The quantitative estimate of drug-likeness (QED) is 0.760. The van der Waals surface area contributed by atoms with E-state index in [2.05, 4.69) is 42.2 Å². The van der Waals surface area contributed by atoms with Crippen LogP contribution < -0.4 is 5.32 Å². The van der Waals surface area contributed by atoms with Crippen LogP contribution in [-0.2, 0) is 0 Å². The van der Waals surface area contributed by atoms with Crippen molar-refractivity contribution in [3.63, 3.8) is 0 Å². The number of likely N-dealkylation sites (N-methyl/N-ethyl adjacent to an activating group) is 1. The average Bonchev–Trinajstić information content (AvgIpc) is 3.06. The Hall–Kier alpha value is -0.630. The van der Waals surface area contributed by atoms with Gasteiger partial charge >= 0.3 is 0 Å². The smallest absolute Gasteiger partial charge is 0.0967 e. The Morgan fingerprint density at radius 3 is 2.61 bits per heavy atom. The lowest BCUT2D eigenvalue weighted by atomic mass is 10.1. The summed E-state index contributed by atoms with van der Waals surface area (Å²) in [6.07, 6.45) is 3.46. The molecule has 0 radical (unpaired) electrons. The van der Waals surface area contributed by atoms with Crippen LogP contribution in [0.5, 0.6) is 0 Å². The number of nitrogens with one attached hydrogen (secondary N) is 1. The van der Waals surface area contributed by atoms with E-state index in [0.717, 1.165) is 25.4 Å². The predicted molar refractivity (Wildman–Crippen MR) is 73.3 cm³/mol. The zero-order valence-electron chi connectivity index (χ0n) is 11.9. The van der Waals surface area contributed by atoms with Crippen molar-refractivity contribution in [1.29, 1.82) is 5.26 Å². The lowest BCUT2D eigenvalue weighted by molar-refractivity contribution is 0.250. The van der Waals surface area contributed by atoms with Crippen molar-refractivity contribution in [3.8, 4) is 6.07 Å². The number of rotatable bonds is 6. The van der Waals surface area contributed by atoms with Crippen LogP contribution in [0, 0.1) is 17.2 Å². The monoisotopic (exact) mass is 250 g/mol. The fraction of sp³-hybridized carbons (Fsp3) is 0.929. The van der Waals surface area contributed by atoms with Gasteiger partial charge in [-0.2, -0.15) is 5.26 Å². The van der Waals surface area contributed by atoms with Gasteiger partial charge in [0.25, 0.3) is 0 Å². The lowest BCUT2D eigenvalue weighted by Gasteiger charge is -2.23. The molecule has 2 aliphatic rings. The number of likely N-dealkylation sites (tertiary alicyclic amines) is 1. The van der Waals surface area contributed by atoms with Crippen LogP contribution in [0.15, 0.2) is 0 Å². The van der Waals surface area contributed by atoms with Gasteiger partial charge in [-0.25, -0.2) is 0 Å². The first-order valence-corrected chi connectivity index (χ1v) is 7.14. The summed E-state index contributed by atoms with van der Waals surface area (Å²) in [6, 6.07) is 3.74. The van der Waals surface area contributed by atoms with Crippen LogP contribution in [0.2, 0.25) is 0 Å². The predicted octanol–water partition coefficient (Wildman–Crippen LogP) is 0.903. The Morgan fingerprint density at radius 2 is 2.11 bits per heavy atom. The number of nitriles is 1. The van der Waals surface area contributed by atoms with E-state index >= 15 is 0 Å². The Labute approximate surface area is 111 Å². The zero-order valence-corrected chi connectivity index (χ0v) is 11.9. The highest BCUT2D eigenvalue weighted by Crippen LogP contribution is 2.22. The summed E-state index contributed by atoms with van der Waals surface area (Å²) >= 11 is 0. The molecule has 0 amide bonds. The normalized spacial score (nSPS) is 30.6. The van der Waals surface area contributed by atoms with Gasteiger partial charge in [0.2, 0.25) is 0 Å². The first-order valence-electron chi connectivity index (χ1n) is 7.14. The molecule has 1 saturated heterocycles. The highest BCUT2D eigenvalue weighted by Gasteiger charge is 2.31.